The topological polar surface area (TPSA) is 29.1 Å². The molecule has 0 saturated heterocycles. The van der Waals surface area contributed by atoms with Gasteiger partial charge in [0.15, 0.2) is 0 Å². The van der Waals surface area contributed by atoms with Gasteiger partial charge in [0.25, 0.3) is 0 Å². The highest BCUT2D eigenvalue weighted by Crippen LogP contribution is 2.08. The molecule has 12 heavy (non-hydrogen) atoms. The van der Waals surface area contributed by atoms with Gasteiger partial charge < -0.3 is 5.32 Å². The van der Waals surface area contributed by atoms with E-state index in [1.54, 1.807) is 0 Å². The average molecular weight is 185 g/mol. The second-order valence-corrected chi connectivity index (χ2v) is 3.49. The van der Waals surface area contributed by atoms with Gasteiger partial charge in [-0.25, -0.2) is 0 Å². The first-order chi connectivity index (χ1) is 5.59. The number of nitrogens with one attached hydrogen (secondary N) is 1. The number of hydrogen-bond acceptors (Lipinski definition) is 2. The van der Waals surface area contributed by atoms with Crippen LogP contribution in [0.4, 0.5) is 0 Å². The Hall–Kier alpha value is -0.620. The molecule has 0 fully saturated rings. The van der Waals surface area contributed by atoms with E-state index in [2.05, 4.69) is 23.9 Å². The van der Waals surface area contributed by atoms with Crippen LogP contribution in [0.15, 0.2) is 0 Å². The largest absolute Gasteiger partial charge is 0.354 e. The SMILES string of the molecule is C#CCCNC(=O)C(S)C(C)C. The zero-order valence-electron chi connectivity index (χ0n) is 7.50. The lowest BCUT2D eigenvalue weighted by molar-refractivity contribution is -0.121. The van der Waals surface area contributed by atoms with Crippen LogP contribution in [0.5, 0.6) is 0 Å². The van der Waals surface area contributed by atoms with Crippen molar-refractivity contribution in [1.29, 1.82) is 0 Å². The second kappa shape index (κ2) is 5.96. The Morgan fingerprint density at radius 3 is 2.67 bits per heavy atom. The summed E-state index contributed by atoms with van der Waals surface area (Å²) in [5.41, 5.74) is 0. The molecule has 1 atom stereocenters. The van der Waals surface area contributed by atoms with Crippen molar-refractivity contribution >= 4 is 18.5 Å². The van der Waals surface area contributed by atoms with E-state index in [0.29, 0.717) is 13.0 Å². The fourth-order valence-corrected chi connectivity index (χ4v) is 0.756. The molecule has 0 rings (SSSR count). The summed E-state index contributed by atoms with van der Waals surface area (Å²) in [5, 5.41) is 2.47. The summed E-state index contributed by atoms with van der Waals surface area (Å²) in [6.45, 7) is 4.45. The van der Waals surface area contributed by atoms with Gasteiger partial charge in [-0.15, -0.1) is 12.3 Å². The van der Waals surface area contributed by atoms with Gasteiger partial charge in [0, 0.05) is 13.0 Å². The highest BCUT2D eigenvalue weighted by atomic mass is 32.1. The molecule has 2 nitrogen and oxygen atoms in total. The third kappa shape index (κ3) is 4.30. The molecule has 68 valence electrons. The van der Waals surface area contributed by atoms with Crippen LogP contribution in [0, 0.1) is 18.3 Å². The third-order valence-electron chi connectivity index (χ3n) is 1.47. The number of thiol groups is 1. The summed E-state index contributed by atoms with van der Waals surface area (Å²) >= 11 is 4.16. The standard InChI is InChI=1S/C9H15NOS/c1-4-5-6-10-9(11)8(12)7(2)3/h1,7-8,12H,5-6H2,2-3H3,(H,10,11). The lowest BCUT2D eigenvalue weighted by atomic mass is 10.1. The summed E-state index contributed by atoms with van der Waals surface area (Å²) in [6.07, 6.45) is 5.60. The van der Waals surface area contributed by atoms with Crippen LogP contribution >= 0.6 is 12.6 Å². The van der Waals surface area contributed by atoms with Crippen molar-refractivity contribution in [2.45, 2.75) is 25.5 Å². The predicted molar refractivity (Wildman–Crippen MR) is 54.1 cm³/mol. The summed E-state index contributed by atoms with van der Waals surface area (Å²) in [7, 11) is 0. The van der Waals surface area contributed by atoms with Crippen molar-refractivity contribution in [2.24, 2.45) is 5.92 Å². The van der Waals surface area contributed by atoms with Crippen molar-refractivity contribution in [3.63, 3.8) is 0 Å². The van der Waals surface area contributed by atoms with E-state index in [4.69, 9.17) is 6.42 Å². The van der Waals surface area contributed by atoms with Crippen molar-refractivity contribution in [1.82, 2.24) is 5.32 Å². The summed E-state index contributed by atoms with van der Waals surface area (Å²) in [6, 6.07) is 0. The molecule has 3 heteroatoms. The molecular formula is C9H15NOS. The van der Waals surface area contributed by atoms with Gasteiger partial charge in [-0.05, 0) is 5.92 Å². The van der Waals surface area contributed by atoms with Crippen LogP contribution in [-0.4, -0.2) is 17.7 Å². The number of terminal acetylenes is 1. The summed E-state index contributed by atoms with van der Waals surface area (Å²) in [4.78, 5) is 11.2. The maximum atomic E-state index is 11.2. The quantitative estimate of drug-likeness (QED) is 0.383. The first-order valence-electron chi connectivity index (χ1n) is 3.98. The number of amides is 1. The van der Waals surface area contributed by atoms with Crippen LogP contribution < -0.4 is 5.32 Å². The molecule has 0 aliphatic carbocycles. The maximum absolute atomic E-state index is 11.2. The van der Waals surface area contributed by atoms with Gasteiger partial charge >= 0.3 is 0 Å². The molecule has 0 radical (unpaired) electrons. The van der Waals surface area contributed by atoms with Crippen LogP contribution in [0.2, 0.25) is 0 Å². The van der Waals surface area contributed by atoms with Gasteiger partial charge in [0.2, 0.25) is 5.91 Å². The molecule has 0 aromatic heterocycles. The predicted octanol–water partition coefficient (Wildman–Crippen LogP) is 1.08. The number of rotatable bonds is 4. The van der Waals surface area contributed by atoms with Crippen LogP contribution in [-0.2, 0) is 4.79 Å². The van der Waals surface area contributed by atoms with Gasteiger partial charge in [0.1, 0.15) is 0 Å². The Bertz CT molecular complexity index is 183. The highest BCUT2D eigenvalue weighted by Gasteiger charge is 2.16. The molecule has 1 amide bonds. The molecule has 0 spiro atoms. The number of carbonyl (C=O) groups is 1. The minimum atomic E-state index is -0.234. The van der Waals surface area contributed by atoms with Gasteiger partial charge in [-0.2, -0.15) is 12.6 Å². The minimum absolute atomic E-state index is 0.0383. The van der Waals surface area contributed by atoms with Crippen LogP contribution in [0.1, 0.15) is 20.3 Å². The number of hydrogen-bond donors (Lipinski definition) is 2. The van der Waals surface area contributed by atoms with E-state index in [-0.39, 0.29) is 17.1 Å². The first-order valence-corrected chi connectivity index (χ1v) is 4.50. The zero-order chi connectivity index (χ0) is 9.56. The van der Waals surface area contributed by atoms with Crippen molar-refractivity contribution in [3.8, 4) is 12.3 Å². The van der Waals surface area contributed by atoms with E-state index in [0.717, 1.165) is 0 Å². The van der Waals surface area contributed by atoms with E-state index in [1.165, 1.54) is 0 Å². The van der Waals surface area contributed by atoms with Crippen molar-refractivity contribution < 1.29 is 4.79 Å². The lowest BCUT2D eigenvalue weighted by Gasteiger charge is -2.13. The monoisotopic (exact) mass is 185 g/mol. The Balaban J connectivity index is 3.66. The number of carbonyl (C=O) groups excluding carboxylic acids is 1. The maximum Gasteiger partial charge on any atom is 0.233 e. The van der Waals surface area contributed by atoms with Gasteiger partial charge in [0.05, 0.1) is 5.25 Å². The average Bonchev–Trinajstić information content (AvgIpc) is 2.03. The molecule has 0 saturated carbocycles. The Morgan fingerprint density at radius 2 is 2.25 bits per heavy atom. The smallest absolute Gasteiger partial charge is 0.233 e. The third-order valence-corrected chi connectivity index (χ3v) is 2.30. The van der Waals surface area contributed by atoms with Crippen molar-refractivity contribution in [2.75, 3.05) is 6.54 Å². The Labute approximate surface area is 79.5 Å². The lowest BCUT2D eigenvalue weighted by Crippen LogP contribution is -2.34. The first kappa shape index (κ1) is 11.4. The summed E-state index contributed by atoms with van der Waals surface area (Å²) < 4.78 is 0. The van der Waals surface area contributed by atoms with E-state index in [1.807, 2.05) is 13.8 Å². The molecular weight excluding hydrogens is 170 g/mol. The molecule has 0 aromatic carbocycles. The van der Waals surface area contributed by atoms with E-state index < -0.39 is 0 Å². The molecule has 1 unspecified atom stereocenters. The van der Waals surface area contributed by atoms with Crippen molar-refractivity contribution in [3.05, 3.63) is 0 Å². The molecule has 0 aromatic rings. The van der Waals surface area contributed by atoms with E-state index in [9.17, 15) is 4.79 Å². The molecule has 1 N–H and O–H groups in total. The second-order valence-electron chi connectivity index (χ2n) is 2.93. The molecule has 0 aliphatic heterocycles. The summed E-state index contributed by atoms with van der Waals surface area (Å²) in [5.74, 6) is 2.66. The molecule has 0 heterocycles. The zero-order valence-corrected chi connectivity index (χ0v) is 8.40. The molecule has 0 aliphatic rings. The van der Waals surface area contributed by atoms with Crippen LogP contribution in [0.25, 0.3) is 0 Å². The fourth-order valence-electron chi connectivity index (χ4n) is 0.665. The van der Waals surface area contributed by atoms with E-state index >= 15 is 0 Å². The fraction of sp³-hybridized carbons (Fsp3) is 0.667. The Kier molecular flexibility index (Phi) is 5.65. The van der Waals surface area contributed by atoms with Crippen LogP contribution in [0.3, 0.4) is 0 Å². The molecule has 0 bridgehead atoms. The van der Waals surface area contributed by atoms with Gasteiger partial charge in [-0.1, -0.05) is 13.8 Å². The van der Waals surface area contributed by atoms with Gasteiger partial charge in [-0.3, -0.25) is 4.79 Å². The highest BCUT2D eigenvalue weighted by molar-refractivity contribution is 7.81. The Morgan fingerprint density at radius 1 is 1.67 bits per heavy atom. The minimum Gasteiger partial charge on any atom is -0.354 e. The normalized spacial score (nSPS) is 12.2.